The molecule has 0 saturated carbocycles. The number of fused-ring (bicyclic) bond motifs is 2. The van der Waals surface area contributed by atoms with Crippen molar-refractivity contribution in [1.29, 1.82) is 0 Å². The monoisotopic (exact) mass is 348 g/mol. The maximum Gasteiger partial charge on any atom is 0.323 e. The number of hydrogen-bond acceptors (Lipinski definition) is 3. The molecule has 0 atom stereocenters. The minimum atomic E-state index is -0.348. The molecule has 0 fully saturated rings. The summed E-state index contributed by atoms with van der Waals surface area (Å²) in [5.41, 5.74) is 3.05. The standard InChI is InChI=1S/C20H20N4O2/c1-13-5-7-14(8-6-13)21-20(26)22-15-9-10-17-16(12-15)19(25)24-11-3-2-4-18(24)23-17/h5-10,12H,2-4,11H2,1H3,(H2,21,22,26). The van der Waals surface area contributed by atoms with E-state index in [0.29, 0.717) is 28.8 Å². The number of nitrogens with one attached hydrogen (secondary N) is 2. The highest BCUT2D eigenvalue weighted by molar-refractivity contribution is 6.00. The van der Waals surface area contributed by atoms with Crippen LogP contribution in [0.25, 0.3) is 10.9 Å². The molecule has 2 amide bonds. The van der Waals surface area contributed by atoms with E-state index in [1.54, 1.807) is 22.8 Å². The van der Waals surface area contributed by atoms with Gasteiger partial charge in [0, 0.05) is 24.3 Å². The number of amides is 2. The number of carbonyl (C=O) groups is 1. The molecule has 0 aliphatic carbocycles. The molecule has 1 aliphatic heterocycles. The fraction of sp³-hybridized carbons (Fsp3) is 0.250. The SMILES string of the molecule is Cc1ccc(NC(=O)Nc2ccc3nc4n(c(=O)c3c2)CCCC4)cc1. The molecule has 1 aliphatic rings. The van der Waals surface area contributed by atoms with Crippen molar-refractivity contribution in [2.24, 2.45) is 0 Å². The summed E-state index contributed by atoms with van der Waals surface area (Å²) < 4.78 is 1.75. The third kappa shape index (κ3) is 3.18. The van der Waals surface area contributed by atoms with E-state index in [9.17, 15) is 9.59 Å². The van der Waals surface area contributed by atoms with E-state index in [2.05, 4.69) is 15.6 Å². The molecular weight excluding hydrogens is 328 g/mol. The lowest BCUT2D eigenvalue weighted by atomic mass is 10.1. The fourth-order valence-electron chi connectivity index (χ4n) is 3.25. The first-order valence-electron chi connectivity index (χ1n) is 8.78. The maximum atomic E-state index is 12.7. The Morgan fingerprint density at radius 2 is 1.77 bits per heavy atom. The molecule has 4 rings (SSSR count). The van der Waals surface area contributed by atoms with Crippen molar-refractivity contribution < 1.29 is 4.79 Å². The van der Waals surface area contributed by atoms with Crippen LogP contribution in [-0.4, -0.2) is 15.6 Å². The molecule has 0 unspecified atom stereocenters. The zero-order chi connectivity index (χ0) is 18.1. The summed E-state index contributed by atoms with van der Waals surface area (Å²) in [5, 5.41) is 6.09. The maximum absolute atomic E-state index is 12.7. The number of aromatic nitrogens is 2. The van der Waals surface area contributed by atoms with Gasteiger partial charge in [-0.25, -0.2) is 9.78 Å². The second kappa shape index (κ2) is 6.63. The van der Waals surface area contributed by atoms with E-state index >= 15 is 0 Å². The molecule has 0 saturated heterocycles. The van der Waals surface area contributed by atoms with Gasteiger partial charge in [0.1, 0.15) is 5.82 Å². The summed E-state index contributed by atoms with van der Waals surface area (Å²) in [7, 11) is 0. The smallest absolute Gasteiger partial charge is 0.308 e. The van der Waals surface area contributed by atoms with Crippen LogP contribution in [0.1, 0.15) is 24.2 Å². The third-order valence-electron chi connectivity index (χ3n) is 4.63. The van der Waals surface area contributed by atoms with Crippen molar-refractivity contribution in [2.75, 3.05) is 10.6 Å². The van der Waals surface area contributed by atoms with Crippen molar-refractivity contribution in [2.45, 2.75) is 32.7 Å². The largest absolute Gasteiger partial charge is 0.323 e. The first kappa shape index (κ1) is 16.3. The Morgan fingerprint density at radius 3 is 2.58 bits per heavy atom. The average Bonchev–Trinajstić information content (AvgIpc) is 2.64. The molecule has 1 aromatic heterocycles. The van der Waals surface area contributed by atoms with Crippen molar-refractivity contribution in [3.05, 3.63) is 64.2 Å². The van der Waals surface area contributed by atoms with Gasteiger partial charge in [0.25, 0.3) is 5.56 Å². The normalized spacial score (nSPS) is 13.3. The zero-order valence-electron chi connectivity index (χ0n) is 14.6. The molecule has 6 nitrogen and oxygen atoms in total. The predicted octanol–water partition coefficient (Wildman–Crippen LogP) is 3.69. The van der Waals surface area contributed by atoms with Crippen LogP contribution in [-0.2, 0) is 13.0 Å². The number of anilines is 2. The topological polar surface area (TPSA) is 76.0 Å². The summed E-state index contributed by atoms with van der Waals surface area (Å²) in [6.45, 7) is 2.70. The summed E-state index contributed by atoms with van der Waals surface area (Å²) in [6.07, 6.45) is 2.90. The highest BCUT2D eigenvalue weighted by Gasteiger charge is 2.15. The molecule has 0 spiro atoms. The van der Waals surface area contributed by atoms with Gasteiger partial charge in [-0.15, -0.1) is 0 Å². The molecule has 0 bridgehead atoms. The number of rotatable bonds is 2. The molecule has 26 heavy (non-hydrogen) atoms. The van der Waals surface area contributed by atoms with E-state index in [1.807, 2.05) is 31.2 Å². The summed E-state index contributed by atoms with van der Waals surface area (Å²) >= 11 is 0. The lowest BCUT2D eigenvalue weighted by Crippen LogP contribution is -2.28. The molecule has 2 heterocycles. The summed E-state index contributed by atoms with van der Waals surface area (Å²) in [4.78, 5) is 29.5. The van der Waals surface area contributed by atoms with Crippen molar-refractivity contribution >= 4 is 28.3 Å². The molecule has 2 N–H and O–H groups in total. The van der Waals surface area contributed by atoms with Crippen molar-refractivity contribution in [3.8, 4) is 0 Å². The Labute approximate surface area is 150 Å². The van der Waals surface area contributed by atoms with Gasteiger partial charge in [-0.3, -0.25) is 9.36 Å². The number of benzene rings is 2. The number of hydrogen-bond donors (Lipinski definition) is 2. The van der Waals surface area contributed by atoms with E-state index in [4.69, 9.17) is 0 Å². The number of nitrogens with zero attached hydrogens (tertiary/aromatic N) is 2. The van der Waals surface area contributed by atoms with Crippen molar-refractivity contribution in [3.63, 3.8) is 0 Å². The van der Waals surface area contributed by atoms with E-state index in [-0.39, 0.29) is 11.6 Å². The predicted molar refractivity (Wildman–Crippen MR) is 103 cm³/mol. The average molecular weight is 348 g/mol. The Balaban J connectivity index is 1.59. The summed E-state index contributed by atoms with van der Waals surface area (Å²) in [5.74, 6) is 0.853. The molecule has 2 aromatic carbocycles. The van der Waals surface area contributed by atoms with E-state index in [0.717, 1.165) is 30.7 Å². The zero-order valence-corrected chi connectivity index (χ0v) is 14.6. The lowest BCUT2D eigenvalue weighted by molar-refractivity contribution is 0.262. The molecule has 132 valence electrons. The lowest BCUT2D eigenvalue weighted by Gasteiger charge is -2.18. The van der Waals surface area contributed by atoms with Gasteiger partial charge in [0.05, 0.1) is 10.9 Å². The van der Waals surface area contributed by atoms with Gasteiger partial charge < -0.3 is 10.6 Å². The van der Waals surface area contributed by atoms with Crippen LogP contribution in [0, 0.1) is 6.92 Å². The highest BCUT2D eigenvalue weighted by atomic mass is 16.2. The molecule has 3 aromatic rings. The highest BCUT2D eigenvalue weighted by Crippen LogP contribution is 2.19. The minimum absolute atomic E-state index is 0.0349. The van der Waals surface area contributed by atoms with Crippen LogP contribution < -0.4 is 16.2 Å². The van der Waals surface area contributed by atoms with Gasteiger partial charge in [-0.05, 0) is 50.1 Å². The molecule has 6 heteroatoms. The Bertz CT molecular complexity index is 1040. The fourth-order valence-corrected chi connectivity index (χ4v) is 3.25. The third-order valence-corrected chi connectivity index (χ3v) is 4.63. The van der Waals surface area contributed by atoms with Gasteiger partial charge in [0.2, 0.25) is 0 Å². The van der Waals surface area contributed by atoms with Crippen LogP contribution in [0.3, 0.4) is 0 Å². The van der Waals surface area contributed by atoms with Gasteiger partial charge in [0.15, 0.2) is 0 Å². The second-order valence-electron chi connectivity index (χ2n) is 6.62. The molecular formula is C20H20N4O2. The van der Waals surface area contributed by atoms with E-state index in [1.165, 1.54) is 0 Å². The first-order chi connectivity index (χ1) is 12.6. The number of carbonyl (C=O) groups excluding carboxylic acids is 1. The minimum Gasteiger partial charge on any atom is -0.308 e. The Kier molecular flexibility index (Phi) is 4.16. The van der Waals surface area contributed by atoms with Crippen LogP contribution in [0.2, 0.25) is 0 Å². The van der Waals surface area contributed by atoms with Crippen LogP contribution in [0.15, 0.2) is 47.3 Å². The first-order valence-corrected chi connectivity index (χ1v) is 8.78. The Morgan fingerprint density at radius 1 is 1.04 bits per heavy atom. The number of urea groups is 1. The number of aryl methyl sites for hydroxylation is 2. The Hall–Kier alpha value is -3.15. The van der Waals surface area contributed by atoms with Gasteiger partial charge >= 0.3 is 6.03 Å². The van der Waals surface area contributed by atoms with Crippen LogP contribution in [0.5, 0.6) is 0 Å². The van der Waals surface area contributed by atoms with E-state index < -0.39 is 0 Å². The quantitative estimate of drug-likeness (QED) is 0.742. The second-order valence-corrected chi connectivity index (χ2v) is 6.62. The van der Waals surface area contributed by atoms with Crippen molar-refractivity contribution in [1.82, 2.24) is 9.55 Å². The van der Waals surface area contributed by atoms with Crippen LogP contribution in [0.4, 0.5) is 16.2 Å². The molecule has 0 radical (unpaired) electrons. The van der Waals surface area contributed by atoms with Gasteiger partial charge in [-0.1, -0.05) is 17.7 Å². The summed E-state index contributed by atoms with van der Waals surface area (Å²) in [6, 6.07) is 12.5. The van der Waals surface area contributed by atoms with Crippen LogP contribution >= 0.6 is 0 Å². The van der Waals surface area contributed by atoms with Gasteiger partial charge in [-0.2, -0.15) is 0 Å².